The molecule has 5 rings (SSSR count). The summed E-state index contributed by atoms with van der Waals surface area (Å²) in [5.74, 6) is 1.30. The number of rotatable bonds is 6. The smallest absolute Gasteiger partial charge is 0.266 e. The van der Waals surface area contributed by atoms with E-state index in [1.807, 2.05) is 0 Å². The van der Waals surface area contributed by atoms with E-state index in [4.69, 9.17) is 4.74 Å². The number of carbonyl (C=O) groups excluding carboxylic acids is 1. The van der Waals surface area contributed by atoms with Gasteiger partial charge in [-0.2, -0.15) is 5.10 Å². The first-order chi connectivity index (χ1) is 13.4. The lowest BCUT2D eigenvalue weighted by Gasteiger charge is -2.56. The zero-order valence-corrected chi connectivity index (χ0v) is 15.8. The van der Waals surface area contributed by atoms with Gasteiger partial charge >= 0.3 is 0 Å². The van der Waals surface area contributed by atoms with Crippen LogP contribution in [0.1, 0.15) is 50.5 Å². The number of ether oxygens (including phenoxy) is 1. The average Bonchev–Trinajstić information content (AvgIpc) is 2.61. The molecule has 0 unspecified atom stereocenters. The molecular formula is C20H24N3O5-. The predicted molar refractivity (Wildman–Crippen MR) is 100 cm³/mol. The van der Waals surface area contributed by atoms with Crippen molar-refractivity contribution in [3.63, 3.8) is 0 Å². The number of hydrogen-bond donors (Lipinski definition) is 1. The quantitative estimate of drug-likeness (QED) is 0.458. The minimum atomic E-state index is -0.782. The minimum Gasteiger partial charge on any atom is -0.865 e. The normalized spacial score (nSPS) is 30.5. The molecule has 0 aromatic heterocycles. The van der Waals surface area contributed by atoms with Crippen LogP contribution in [0.15, 0.2) is 17.2 Å². The number of nitro benzene ring substituents is 1. The maximum Gasteiger partial charge on any atom is 0.266 e. The summed E-state index contributed by atoms with van der Waals surface area (Å²) < 4.78 is 4.90. The van der Waals surface area contributed by atoms with Gasteiger partial charge < -0.3 is 9.84 Å². The molecule has 1 N–H and O–H groups in total. The van der Waals surface area contributed by atoms with Crippen molar-refractivity contribution in [2.24, 2.45) is 28.3 Å². The summed E-state index contributed by atoms with van der Waals surface area (Å²) in [6.45, 7) is 0. The van der Waals surface area contributed by atoms with Gasteiger partial charge in [0.2, 0.25) is 5.91 Å². The average molecular weight is 386 g/mol. The Morgan fingerprint density at radius 3 is 2.43 bits per heavy atom. The zero-order chi connectivity index (χ0) is 19.9. The molecule has 1 amide bonds. The van der Waals surface area contributed by atoms with E-state index in [0.717, 1.165) is 43.1 Å². The van der Waals surface area contributed by atoms with Crippen molar-refractivity contribution < 1.29 is 19.6 Å². The molecule has 150 valence electrons. The Hall–Kier alpha value is -2.64. The van der Waals surface area contributed by atoms with Gasteiger partial charge in [0.15, 0.2) is 0 Å². The van der Waals surface area contributed by atoms with Crippen LogP contribution in [0.4, 0.5) is 5.69 Å². The number of nitro groups is 1. The molecule has 4 fully saturated rings. The second kappa shape index (κ2) is 7.07. The SMILES string of the molecule is COc1cc(/C=N\NC(=O)CC23CC4CC(CC(C4)C2)C3)cc([N+](=O)[O-])c1[O-]. The number of nitrogens with one attached hydrogen (secondary N) is 1. The van der Waals surface area contributed by atoms with Gasteiger partial charge in [-0.25, -0.2) is 5.43 Å². The first-order valence-electron chi connectivity index (χ1n) is 9.73. The lowest BCUT2D eigenvalue weighted by molar-refractivity contribution is -0.398. The highest BCUT2D eigenvalue weighted by atomic mass is 16.6. The van der Waals surface area contributed by atoms with Crippen LogP contribution in [0.2, 0.25) is 0 Å². The summed E-state index contributed by atoms with van der Waals surface area (Å²) in [5.41, 5.74) is 2.41. The van der Waals surface area contributed by atoms with Crippen LogP contribution in [0.3, 0.4) is 0 Å². The summed E-state index contributed by atoms with van der Waals surface area (Å²) in [6.07, 6.45) is 9.20. The van der Waals surface area contributed by atoms with Crippen LogP contribution < -0.4 is 15.3 Å². The summed E-state index contributed by atoms with van der Waals surface area (Å²) >= 11 is 0. The molecule has 0 aliphatic heterocycles. The Morgan fingerprint density at radius 1 is 1.29 bits per heavy atom. The van der Waals surface area contributed by atoms with E-state index in [-0.39, 0.29) is 17.1 Å². The van der Waals surface area contributed by atoms with Gasteiger partial charge in [-0.05, 0) is 67.8 Å². The molecule has 4 aliphatic rings. The molecule has 8 nitrogen and oxygen atoms in total. The van der Waals surface area contributed by atoms with Crippen molar-refractivity contribution in [1.29, 1.82) is 0 Å². The lowest BCUT2D eigenvalue weighted by Crippen LogP contribution is -2.47. The Bertz CT molecular complexity index is 800. The molecule has 1 aromatic carbocycles. The molecule has 4 saturated carbocycles. The van der Waals surface area contributed by atoms with E-state index in [9.17, 15) is 20.0 Å². The third-order valence-electron chi connectivity index (χ3n) is 6.58. The first-order valence-corrected chi connectivity index (χ1v) is 9.73. The lowest BCUT2D eigenvalue weighted by atomic mass is 9.49. The standard InChI is InChI=1S/C20H25N3O5/c1-28-17-6-15(5-16(19(17)25)23(26)27)11-21-22-18(24)10-20-7-12-2-13(8-20)4-14(3-12)9-20/h5-6,11-14,25H,2-4,7-10H2,1H3,(H,22,24)/p-1/b21-11-. The number of nitrogens with zero attached hydrogens (tertiary/aromatic N) is 2. The molecule has 0 atom stereocenters. The molecule has 0 radical (unpaired) electrons. The van der Waals surface area contributed by atoms with Crippen LogP contribution in [0, 0.1) is 33.3 Å². The molecule has 4 bridgehead atoms. The van der Waals surface area contributed by atoms with Crippen molar-refractivity contribution in [3.05, 3.63) is 27.8 Å². The number of hydrazone groups is 1. The topological polar surface area (TPSA) is 117 Å². The van der Waals surface area contributed by atoms with Crippen molar-refractivity contribution >= 4 is 17.8 Å². The van der Waals surface area contributed by atoms with E-state index in [0.29, 0.717) is 12.0 Å². The Balaban J connectivity index is 1.41. The van der Waals surface area contributed by atoms with Gasteiger partial charge in [-0.15, -0.1) is 0 Å². The van der Waals surface area contributed by atoms with Crippen LogP contribution in [0.25, 0.3) is 0 Å². The second-order valence-electron chi connectivity index (χ2n) is 8.72. The highest BCUT2D eigenvalue weighted by Gasteiger charge is 2.51. The second-order valence-corrected chi connectivity index (χ2v) is 8.72. The van der Waals surface area contributed by atoms with Crippen LogP contribution in [0.5, 0.6) is 11.5 Å². The molecular weight excluding hydrogens is 362 g/mol. The van der Waals surface area contributed by atoms with Crippen LogP contribution >= 0.6 is 0 Å². The molecule has 28 heavy (non-hydrogen) atoms. The van der Waals surface area contributed by atoms with E-state index in [2.05, 4.69) is 10.5 Å². The largest absolute Gasteiger partial charge is 0.865 e. The predicted octanol–water partition coefficient (Wildman–Crippen LogP) is 2.73. The van der Waals surface area contributed by atoms with E-state index >= 15 is 0 Å². The van der Waals surface area contributed by atoms with Gasteiger partial charge in [0.25, 0.3) is 5.69 Å². The fraction of sp³-hybridized carbons (Fsp3) is 0.600. The highest BCUT2D eigenvalue weighted by molar-refractivity contribution is 5.85. The molecule has 8 heteroatoms. The summed E-state index contributed by atoms with van der Waals surface area (Å²) in [6, 6.07) is 2.49. The highest BCUT2D eigenvalue weighted by Crippen LogP contribution is 2.61. The van der Waals surface area contributed by atoms with E-state index in [1.165, 1.54) is 38.7 Å². The summed E-state index contributed by atoms with van der Waals surface area (Å²) in [7, 11) is 1.27. The van der Waals surface area contributed by atoms with Gasteiger partial charge in [0.05, 0.1) is 18.2 Å². The third kappa shape index (κ3) is 3.55. The maximum atomic E-state index is 12.5. The third-order valence-corrected chi connectivity index (χ3v) is 6.58. The number of amides is 1. The Labute approximate surface area is 163 Å². The number of methoxy groups -OCH3 is 1. The monoisotopic (exact) mass is 386 g/mol. The Kier molecular flexibility index (Phi) is 4.72. The molecule has 1 aromatic rings. The van der Waals surface area contributed by atoms with Gasteiger partial charge in [0.1, 0.15) is 5.75 Å². The van der Waals surface area contributed by atoms with Crippen molar-refractivity contribution in [3.8, 4) is 11.5 Å². The Morgan fingerprint density at radius 2 is 1.89 bits per heavy atom. The molecule has 0 saturated heterocycles. The van der Waals surface area contributed by atoms with Crippen molar-refractivity contribution in [1.82, 2.24) is 5.43 Å². The van der Waals surface area contributed by atoms with Crippen LogP contribution in [-0.2, 0) is 4.79 Å². The van der Waals surface area contributed by atoms with E-state index < -0.39 is 16.4 Å². The van der Waals surface area contributed by atoms with Gasteiger partial charge in [0, 0.05) is 23.8 Å². The fourth-order valence-electron chi connectivity index (χ4n) is 6.04. The van der Waals surface area contributed by atoms with Gasteiger partial charge in [-0.3, -0.25) is 14.9 Å². The van der Waals surface area contributed by atoms with E-state index in [1.54, 1.807) is 0 Å². The zero-order valence-electron chi connectivity index (χ0n) is 15.8. The maximum absolute atomic E-state index is 12.5. The minimum absolute atomic E-state index is 0.125. The number of benzene rings is 1. The summed E-state index contributed by atoms with van der Waals surface area (Å²) in [5, 5.41) is 26.8. The molecule has 0 spiro atoms. The van der Waals surface area contributed by atoms with Gasteiger partial charge in [-0.1, -0.05) is 0 Å². The first kappa shape index (κ1) is 18.7. The fourth-order valence-corrected chi connectivity index (χ4v) is 6.04. The number of hydrogen-bond acceptors (Lipinski definition) is 6. The van der Waals surface area contributed by atoms with Crippen molar-refractivity contribution in [2.75, 3.05) is 7.11 Å². The molecule has 0 heterocycles. The number of carbonyl (C=O) groups is 1. The van der Waals surface area contributed by atoms with Crippen molar-refractivity contribution in [2.45, 2.75) is 44.9 Å². The summed E-state index contributed by atoms with van der Waals surface area (Å²) in [4.78, 5) is 22.7. The molecule has 4 aliphatic carbocycles. The van der Waals surface area contributed by atoms with Crippen LogP contribution in [-0.4, -0.2) is 24.2 Å².